The summed E-state index contributed by atoms with van der Waals surface area (Å²) < 4.78 is 26.9. The SMILES string of the molecule is CC(C)(C)NC(=O)C(Cc1ccccc1)N(Cc1ccccc1)C(=O)CN1C(=O)c2ccccc2S1(=O)=O. The lowest BCUT2D eigenvalue weighted by Gasteiger charge is -2.34. The maximum absolute atomic E-state index is 13.9. The van der Waals surface area contributed by atoms with Crippen molar-refractivity contribution >= 4 is 27.7 Å². The molecule has 1 aliphatic heterocycles. The van der Waals surface area contributed by atoms with Gasteiger partial charge in [-0.1, -0.05) is 72.8 Å². The van der Waals surface area contributed by atoms with E-state index in [9.17, 15) is 22.8 Å². The molecule has 1 heterocycles. The third kappa shape index (κ3) is 5.94. The van der Waals surface area contributed by atoms with Crippen LogP contribution in [0.2, 0.25) is 0 Å². The van der Waals surface area contributed by atoms with E-state index in [4.69, 9.17) is 0 Å². The Labute approximate surface area is 223 Å². The Kier molecular flexibility index (Phi) is 7.68. The minimum atomic E-state index is -4.19. The first-order valence-electron chi connectivity index (χ1n) is 12.3. The van der Waals surface area contributed by atoms with Crippen LogP contribution in [0.5, 0.6) is 0 Å². The van der Waals surface area contributed by atoms with E-state index in [-0.39, 0.29) is 29.3 Å². The Morgan fingerprint density at radius 3 is 2.00 bits per heavy atom. The van der Waals surface area contributed by atoms with Gasteiger partial charge in [-0.15, -0.1) is 0 Å². The summed E-state index contributed by atoms with van der Waals surface area (Å²) in [6.45, 7) is 4.89. The largest absolute Gasteiger partial charge is 0.350 e. The van der Waals surface area contributed by atoms with Crippen LogP contribution < -0.4 is 5.32 Å². The fourth-order valence-electron chi connectivity index (χ4n) is 4.39. The molecule has 1 aliphatic rings. The zero-order chi connectivity index (χ0) is 27.5. The molecule has 3 amide bonds. The summed E-state index contributed by atoms with van der Waals surface area (Å²) in [5.74, 6) is -1.78. The summed E-state index contributed by atoms with van der Waals surface area (Å²) in [4.78, 5) is 41.7. The molecule has 4 rings (SSSR count). The van der Waals surface area contributed by atoms with Crippen LogP contribution in [-0.2, 0) is 32.6 Å². The van der Waals surface area contributed by atoms with Crippen molar-refractivity contribution in [3.63, 3.8) is 0 Å². The van der Waals surface area contributed by atoms with Gasteiger partial charge in [-0.05, 0) is 44.0 Å². The maximum Gasteiger partial charge on any atom is 0.269 e. The van der Waals surface area contributed by atoms with Gasteiger partial charge in [0.2, 0.25) is 11.8 Å². The van der Waals surface area contributed by atoms with Crippen molar-refractivity contribution in [1.29, 1.82) is 0 Å². The van der Waals surface area contributed by atoms with Crippen LogP contribution in [0.4, 0.5) is 0 Å². The Hall–Kier alpha value is -3.98. The van der Waals surface area contributed by atoms with Gasteiger partial charge in [0.1, 0.15) is 17.5 Å². The second-order valence-corrected chi connectivity index (χ2v) is 12.1. The average Bonchev–Trinajstić information content (AvgIpc) is 3.07. The molecule has 1 atom stereocenters. The van der Waals surface area contributed by atoms with Gasteiger partial charge < -0.3 is 10.2 Å². The molecule has 1 unspecified atom stereocenters. The van der Waals surface area contributed by atoms with Crippen LogP contribution in [-0.4, -0.2) is 53.5 Å². The van der Waals surface area contributed by atoms with Gasteiger partial charge in [-0.3, -0.25) is 14.4 Å². The Morgan fingerprint density at radius 2 is 1.42 bits per heavy atom. The predicted molar refractivity (Wildman–Crippen MR) is 143 cm³/mol. The zero-order valence-corrected chi connectivity index (χ0v) is 22.4. The molecule has 0 saturated carbocycles. The number of amides is 3. The number of nitrogens with one attached hydrogen (secondary N) is 1. The topological polar surface area (TPSA) is 104 Å². The van der Waals surface area contributed by atoms with Gasteiger partial charge in [0, 0.05) is 18.5 Å². The van der Waals surface area contributed by atoms with Gasteiger partial charge in [-0.2, -0.15) is 0 Å². The van der Waals surface area contributed by atoms with E-state index >= 15 is 0 Å². The molecule has 0 fully saturated rings. The Balaban J connectivity index is 1.71. The third-order valence-corrected chi connectivity index (χ3v) is 7.94. The number of hydrogen-bond acceptors (Lipinski definition) is 5. The second kappa shape index (κ2) is 10.8. The molecule has 0 aromatic heterocycles. The lowest BCUT2D eigenvalue weighted by Crippen LogP contribution is -2.56. The molecule has 9 heteroatoms. The number of hydrogen-bond donors (Lipinski definition) is 1. The van der Waals surface area contributed by atoms with Crippen molar-refractivity contribution in [2.24, 2.45) is 0 Å². The molecule has 0 aliphatic carbocycles. The molecule has 198 valence electrons. The number of benzene rings is 3. The first kappa shape index (κ1) is 27.1. The Bertz CT molecular complexity index is 1430. The number of sulfonamides is 1. The number of rotatable bonds is 8. The molecule has 0 radical (unpaired) electrons. The molecule has 0 spiro atoms. The first-order valence-corrected chi connectivity index (χ1v) is 13.8. The van der Waals surface area contributed by atoms with Gasteiger partial charge in [0.05, 0.1) is 5.56 Å². The number of carbonyl (C=O) groups is 3. The summed E-state index contributed by atoms with van der Waals surface area (Å²) in [5.41, 5.74) is 1.07. The molecular formula is C29H31N3O5S. The quantitative estimate of drug-likeness (QED) is 0.478. The van der Waals surface area contributed by atoms with Crippen molar-refractivity contribution in [1.82, 2.24) is 14.5 Å². The highest BCUT2D eigenvalue weighted by atomic mass is 32.2. The summed E-state index contributed by atoms with van der Waals surface area (Å²) in [6, 6.07) is 23.4. The maximum atomic E-state index is 13.9. The van der Waals surface area contributed by atoms with Crippen molar-refractivity contribution in [2.45, 2.75) is 50.2 Å². The first-order chi connectivity index (χ1) is 18.0. The second-order valence-electron chi connectivity index (χ2n) is 10.3. The predicted octanol–water partition coefficient (Wildman–Crippen LogP) is 3.39. The molecule has 0 bridgehead atoms. The summed E-state index contributed by atoms with van der Waals surface area (Å²) in [5, 5.41) is 2.96. The zero-order valence-electron chi connectivity index (χ0n) is 21.6. The van der Waals surface area contributed by atoms with Crippen LogP contribution in [0.25, 0.3) is 0 Å². The summed E-state index contributed by atoms with van der Waals surface area (Å²) in [7, 11) is -4.19. The smallest absolute Gasteiger partial charge is 0.269 e. The number of nitrogens with zero attached hydrogens (tertiary/aromatic N) is 2. The van der Waals surface area contributed by atoms with Gasteiger partial charge in [-0.25, -0.2) is 12.7 Å². The third-order valence-electron chi connectivity index (χ3n) is 6.16. The fourth-order valence-corrected chi connectivity index (χ4v) is 5.91. The van der Waals surface area contributed by atoms with E-state index in [2.05, 4.69) is 5.32 Å². The highest BCUT2D eigenvalue weighted by Gasteiger charge is 2.43. The highest BCUT2D eigenvalue weighted by molar-refractivity contribution is 7.90. The van der Waals surface area contributed by atoms with Crippen LogP contribution >= 0.6 is 0 Å². The molecule has 1 N–H and O–H groups in total. The van der Waals surface area contributed by atoms with E-state index < -0.39 is 40.0 Å². The summed E-state index contributed by atoms with van der Waals surface area (Å²) in [6.07, 6.45) is 0.211. The minimum Gasteiger partial charge on any atom is -0.350 e. The fraction of sp³-hybridized carbons (Fsp3) is 0.276. The average molecular weight is 534 g/mol. The molecule has 38 heavy (non-hydrogen) atoms. The summed E-state index contributed by atoms with van der Waals surface area (Å²) >= 11 is 0. The van der Waals surface area contributed by atoms with Crippen molar-refractivity contribution in [3.05, 3.63) is 102 Å². The van der Waals surface area contributed by atoms with Gasteiger partial charge in [0.15, 0.2) is 0 Å². The van der Waals surface area contributed by atoms with Crippen molar-refractivity contribution in [2.75, 3.05) is 6.54 Å². The van der Waals surface area contributed by atoms with Crippen LogP contribution in [0.15, 0.2) is 89.8 Å². The van der Waals surface area contributed by atoms with Gasteiger partial charge >= 0.3 is 0 Å². The molecular weight excluding hydrogens is 502 g/mol. The molecule has 8 nitrogen and oxygen atoms in total. The minimum absolute atomic E-state index is 0.0289. The van der Waals surface area contributed by atoms with Gasteiger partial charge in [0.25, 0.3) is 15.9 Å². The Morgan fingerprint density at radius 1 is 0.868 bits per heavy atom. The van der Waals surface area contributed by atoms with Crippen molar-refractivity contribution < 1.29 is 22.8 Å². The monoisotopic (exact) mass is 533 g/mol. The standard InChI is InChI=1S/C29H31N3O5S/c1-29(2,3)30-27(34)24(18-21-12-6-4-7-13-21)31(19-22-14-8-5-9-15-22)26(33)20-32-28(35)23-16-10-11-17-25(23)38(32,36)37/h4-17,24H,18-20H2,1-3H3,(H,30,34). The van der Waals surface area contributed by atoms with E-state index in [0.717, 1.165) is 11.1 Å². The van der Waals surface area contributed by atoms with E-state index in [1.807, 2.05) is 81.4 Å². The van der Waals surface area contributed by atoms with E-state index in [1.165, 1.54) is 23.1 Å². The van der Waals surface area contributed by atoms with E-state index in [1.54, 1.807) is 6.07 Å². The molecule has 3 aromatic rings. The van der Waals surface area contributed by atoms with Crippen LogP contribution in [0, 0.1) is 0 Å². The molecule has 0 saturated heterocycles. The van der Waals surface area contributed by atoms with Crippen LogP contribution in [0.1, 0.15) is 42.3 Å². The lowest BCUT2D eigenvalue weighted by molar-refractivity contribution is -0.141. The normalized spacial score (nSPS) is 15.0. The number of fused-ring (bicyclic) bond motifs is 1. The molecule has 3 aromatic carbocycles. The van der Waals surface area contributed by atoms with E-state index in [0.29, 0.717) is 4.31 Å². The number of carbonyl (C=O) groups excluding carboxylic acids is 3. The van der Waals surface area contributed by atoms with Crippen LogP contribution in [0.3, 0.4) is 0 Å². The lowest BCUT2D eigenvalue weighted by atomic mass is 10.0. The van der Waals surface area contributed by atoms with Crippen molar-refractivity contribution in [3.8, 4) is 0 Å². The highest BCUT2D eigenvalue weighted by Crippen LogP contribution is 2.30.